The van der Waals surface area contributed by atoms with Crippen LogP contribution in [0.4, 0.5) is 13.2 Å². The molecule has 1 aliphatic heterocycles. The fraction of sp³-hybridized carbons (Fsp3) is 0.778. The average Bonchev–Trinajstić information content (AvgIpc) is 2.74. The van der Waals surface area contributed by atoms with Gasteiger partial charge in [-0.3, -0.25) is 0 Å². The van der Waals surface area contributed by atoms with Crippen molar-refractivity contribution in [3.05, 3.63) is 0 Å². The van der Waals surface area contributed by atoms with Gasteiger partial charge in [-0.25, -0.2) is 9.59 Å². The molecule has 1 N–H and O–H groups in total. The number of hydrogen-bond donors (Lipinski definition) is 1. The number of nitrogens with one attached hydrogen (secondary N) is 1. The van der Waals surface area contributed by atoms with E-state index < -0.39 is 24.2 Å². The van der Waals surface area contributed by atoms with Crippen LogP contribution in [0.2, 0.25) is 0 Å². The first-order valence-electron chi connectivity index (χ1n) is 4.89. The second-order valence-electron chi connectivity index (χ2n) is 4.34. The molecular weight excluding hydrogens is 227 g/mol. The van der Waals surface area contributed by atoms with E-state index in [2.05, 4.69) is 10.1 Å². The molecule has 0 amide bonds. The molecule has 1 aliphatic carbocycles. The minimum absolute atomic E-state index is 0.0605. The maximum atomic E-state index is 11.8. The van der Waals surface area contributed by atoms with Gasteiger partial charge in [0.15, 0.2) is 0 Å². The van der Waals surface area contributed by atoms with Crippen LogP contribution >= 0.6 is 0 Å². The molecule has 1 saturated carbocycles. The first-order valence-corrected chi connectivity index (χ1v) is 4.89. The van der Waals surface area contributed by atoms with Gasteiger partial charge in [-0.2, -0.15) is 13.2 Å². The van der Waals surface area contributed by atoms with Gasteiger partial charge in [-0.05, 0) is 24.7 Å². The molecule has 7 heteroatoms. The molecule has 1 spiro atoms. The Morgan fingerprint density at radius 3 is 2.38 bits per heavy atom. The molecule has 2 rings (SSSR count). The van der Waals surface area contributed by atoms with Gasteiger partial charge >= 0.3 is 18.1 Å². The SMILES string of the molecule is O=C(OC(=O)C(F)(F)F)[C@@H]1CC2(CC2)CN1. The number of halogens is 3. The summed E-state index contributed by atoms with van der Waals surface area (Å²) in [4.78, 5) is 21.6. The highest BCUT2D eigenvalue weighted by atomic mass is 19.4. The highest BCUT2D eigenvalue weighted by Crippen LogP contribution is 2.51. The molecular formula is C9H10F3NO3. The number of rotatable bonds is 1. The van der Waals surface area contributed by atoms with E-state index in [0.29, 0.717) is 13.0 Å². The molecule has 1 saturated heterocycles. The van der Waals surface area contributed by atoms with Crippen LogP contribution in [0.15, 0.2) is 0 Å². The van der Waals surface area contributed by atoms with Crippen molar-refractivity contribution in [1.82, 2.24) is 5.32 Å². The number of alkyl halides is 3. The van der Waals surface area contributed by atoms with Crippen molar-refractivity contribution < 1.29 is 27.5 Å². The van der Waals surface area contributed by atoms with Crippen LogP contribution in [0.25, 0.3) is 0 Å². The molecule has 0 aromatic carbocycles. The fourth-order valence-electron chi connectivity index (χ4n) is 1.86. The zero-order valence-electron chi connectivity index (χ0n) is 8.26. The summed E-state index contributed by atoms with van der Waals surface area (Å²) in [5.41, 5.74) is 0.0605. The zero-order valence-corrected chi connectivity index (χ0v) is 8.26. The van der Waals surface area contributed by atoms with E-state index in [-0.39, 0.29) is 5.41 Å². The largest absolute Gasteiger partial charge is 0.491 e. The standard InChI is InChI=1S/C9H10F3NO3/c10-9(11,12)7(15)16-6(14)5-3-8(1-2-8)4-13-5/h5,13H,1-4H2/t5-/m0/s1. The van der Waals surface area contributed by atoms with Crippen molar-refractivity contribution in [1.29, 1.82) is 0 Å². The van der Waals surface area contributed by atoms with E-state index in [4.69, 9.17) is 0 Å². The second-order valence-corrected chi connectivity index (χ2v) is 4.34. The van der Waals surface area contributed by atoms with Crippen LogP contribution in [-0.4, -0.2) is 30.7 Å². The van der Waals surface area contributed by atoms with E-state index in [9.17, 15) is 22.8 Å². The maximum Gasteiger partial charge on any atom is 0.491 e. The average molecular weight is 237 g/mol. The first kappa shape index (κ1) is 11.4. The summed E-state index contributed by atoms with van der Waals surface area (Å²) < 4.78 is 39.2. The van der Waals surface area contributed by atoms with Gasteiger partial charge in [-0.15, -0.1) is 0 Å². The number of esters is 2. The van der Waals surface area contributed by atoms with Gasteiger partial charge in [0.2, 0.25) is 0 Å². The van der Waals surface area contributed by atoms with E-state index in [0.717, 1.165) is 12.8 Å². The van der Waals surface area contributed by atoms with Crippen LogP contribution < -0.4 is 5.32 Å². The Balaban J connectivity index is 1.87. The molecule has 0 radical (unpaired) electrons. The molecule has 0 bridgehead atoms. The topological polar surface area (TPSA) is 55.4 Å². The van der Waals surface area contributed by atoms with Crippen LogP contribution in [-0.2, 0) is 14.3 Å². The van der Waals surface area contributed by atoms with E-state index >= 15 is 0 Å². The van der Waals surface area contributed by atoms with Crippen LogP contribution in [0.3, 0.4) is 0 Å². The Morgan fingerprint density at radius 1 is 1.31 bits per heavy atom. The highest BCUT2D eigenvalue weighted by Gasteiger charge is 2.51. The summed E-state index contributed by atoms with van der Waals surface area (Å²) >= 11 is 0. The first-order chi connectivity index (χ1) is 7.32. The summed E-state index contributed by atoms with van der Waals surface area (Å²) in [5.74, 6) is -3.58. The Labute approximate surface area is 89.1 Å². The molecule has 2 fully saturated rings. The van der Waals surface area contributed by atoms with Crippen LogP contribution in [0.5, 0.6) is 0 Å². The smallest absolute Gasteiger partial charge is 0.385 e. The molecule has 0 aromatic heterocycles. The molecule has 4 nitrogen and oxygen atoms in total. The lowest BCUT2D eigenvalue weighted by molar-refractivity contribution is -0.202. The number of hydrogen-bond acceptors (Lipinski definition) is 4. The molecule has 1 atom stereocenters. The zero-order chi connectivity index (χ0) is 12.0. The molecule has 1 heterocycles. The van der Waals surface area contributed by atoms with Crippen molar-refractivity contribution in [2.24, 2.45) is 5.41 Å². The predicted molar refractivity (Wildman–Crippen MR) is 45.2 cm³/mol. The Morgan fingerprint density at radius 2 is 1.94 bits per heavy atom. The fourth-order valence-corrected chi connectivity index (χ4v) is 1.86. The minimum atomic E-state index is -5.12. The van der Waals surface area contributed by atoms with Crippen molar-refractivity contribution in [2.45, 2.75) is 31.5 Å². The van der Waals surface area contributed by atoms with Gasteiger partial charge in [0.05, 0.1) is 0 Å². The molecule has 0 aromatic rings. The third kappa shape index (κ3) is 2.18. The normalized spacial score (nSPS) is 26.8. The minimum Gasteiger partial charge on any atom is -0.385 e. The Bertz CT molecular complexity index is 335. The van der Waals surface area contributed by atoms with Crippen molar-refractivity contribution in [3.8, 4) is 0 Å². The van der Waals surface area contributed by atoms with Gasteiger partial charge in [-0.1, -0.05) is 0 Å². The van der Waals surface area contributed by atoms with Gasteiger partial charge < -0.3 is 10.1 Å². The Kier molecular flexibility index (Phi) is 2.45. The second kappa shape index (κ2) is 3.44. The van der Waals surface area contributed by atoms with E-state index in [1.165, 1.54) is 0 Å². The number of carbonyl (C=O) groups is 2. The van der Waals surface area contributed by atoms with Gasteiger partial charge in [0, 0.05) is 6.54 Å². The third-order valence-electron chi connectivity index (χ3n) is 3.03. The monoisotopic (exact) mass is 237 g/mol. The third-order valence-corrected chi connectivity index (χ3v) is 3.03. The highest BCUT2D eigenvalue weighted by molar-refractivity contribution is 5.91. The summed E-state index contributed by atoms with van der Waals surface area (Å²) in [6.07, 6.45) is -2.73. The lowest BCUT2D eigenvalue weighted by Crippen LogP contribution is -2.37. The molecule has 90 valence electrons. The summed E-state index contributed by atoms with van der Waals surface area (Å²) in [6.45, 7) is 0.604. The lowest BCUT2D eigenvalue weighted by Gasteiger charge is -2.10. The number of carbonyl (C=O) groups excluding carboxylic acids is 2. The van der Waals surface area contributed by atoms with Gasteiger partial charge in [0.25, 0.3) is 0 Å². The van der Waals surface area contributed by atoms with Crippen molar-refractivity contribution >= 4 is 11.9 Å². The van der Waals surface area contributed by atoms with Crippen LogP contribution in [0.1, 0.15) is 19.3 Å². The van der Waals surface area contributed by atoms with Crippen LogP contribution in [0, 0.1) is 5.41 Å². The lowest BCUT2D eigenvalue weighted by atomic mass is 10.0. The van der Waals surface area contributed by atoms with Crippen molar-refractivity contribution in [2.75, 3.05) is 6.54 Å². The van der Waals surface area contributed by atoms with E-state index in [1.54, 1.807) is 0 Å². The molecule has 16 heavy (non-hydrogen) atoms. The summed E-state index contributed by atoms with van der Waals surface area (Å²) in [7, 11) is 0. The van der Waals surface area contributed by atoms with E-state index in [1.807, 2.05) is 0 Å². The summed E-state index contributed by atoms with van der Waals surface area (Å²) in [5, 5.41) is 2.77. The Hall–Kier alpha value is -1.11. The summed E-state index contributed by atoms with van der Waals surface area (Å²) in [6, 6.07) is -0.784. The maximum absolute atomic E-state index is 11.8. The number of ether oxygens (including phenoxy) is 1. The molecule has 2 aliphatic rings. The van der Waals surface area contributed by atoms with Gasteiger partial charge in [0.1, 0.15) is 6.04 Å². The molecule has 0 unspecified atom stereocenters. The quantitative estimate of drug-likeness (QED) is 0.540. The van der Waals surface area contributed by atoms with Crippen molar-refractivity contribution in [3.63, 3.8) is 0 Å². The predicted octanol–water partition coefficient (Wildman–Crippen LogP) is 0.761.